The number of ether oxygens (including phenoxy) is 1. The topological polar surface area (TPSA) is 9.23 Å². The van der Waals surface area contributed by atoms with E-state index < -0.39 is 0 Å². The lowest BCUT2D eigenvalue weighted by Gasteiger charge is -2.08. The Labute approximate surface area is 80.4 Å². The van der Waals surface area contributed by atoms with Crippen LogP contribution in [0.3, 0.4) is 0 Å². The summed E-state index contributed by atoms with van der Waals surface area (Å²) in [5, 5.41) is 0. The molecule has 0 spiro atoms. The van der Waals surface area contributed by atoms with Gasteiger partial charge in [0.25, 0.3) is 0 Å². The van der Waals surface area contributed by atoms with Crippen molar-refractivity contribution >= 4 is 11.6 Å². The first-order chi connectivity index (χ1) is 5.83. The van der Waals surface area contributed by atoms with Crippen LogP contribution in [-0.4, -0.2) is 19.1 Å². The Kier molecular flexibility index (Phi) is 5.01. The number of hydrogen-bond acceptors (Lipinski definition) is 1. The second-order valence-corrected chi connectivity index (χ2v) is 4.27. The van der Waals surface area contributed by atoms with E-state index >= 15 is 0 Å². The Balaban J connectivity index is 1.80. The molecule has 0 aromatic heterocycles. The third kappa shape index (κ3) is 5.00. The summed E-state index contributed by atoms with van der Waals surface area (Å²) in [4.78, 5) is 0. The van der Waals surface area contributed by atoms with Crippen molar-refractivity contribution in [1.82, 2.24) is 0 Å². The minimum absolute atomic E-state index is 0.724. The van der Waals surface area contributed by atoms with Crippen LogP contribution in [-0.2, 0) is 4.74 Å². The minimum atomic E-state index is 0.724. The Morgan fingerprint density at radius 3 is 2.75 bits per heavy atom. The van der Waals surface area contributed by atoms with E-state index in [0.717, 1.165) is 37.4 Å². The van der Waals surface area contributed by atoms with Gasteiger partial charge in [0.1, 0.15) is 0 Å². The average molecular weight is 191 g/mol. The van der Waals surface area contributed by atoms with Gasteiger partial charge in [0.2, 0.25) is 0 Å². The molecular formula is C10H19ClO. The molecule has 0 heterocycles. The maximum Gasteiger partial charge on any atom is 0.0494 e. The fraction of sp³-hybridized carbons (Fsp3) is 1.00. The van der Waals surface area contributed by atoms with E-state index in [2.05, 4.69) is 6.92 Å². The standard InChI is InChI=1S/C10H19ClO/c1-9(4-6-11)5-7-12-8-10-2-3-10/h9-10H,2-8H2,1H3. The van der Waals surface area contributed by atoms with Crippen LogP contribution in [0.15, 0.2) is 0 Å². The fourth-order valence-electron chi connectivity index (χ4n) is 1.15. The molecule has 1 rings (SSSR count). The second kappa shape index (κ2) is 5.82. The summed E-state index contributed by atoms with van der Waals surface area (Å²) in [6.45, 7) is 4.16. The fourth-order valence-corrected chi connectivity index (χ4v) is 1.52. The van der Waals surface area contributed by atoms with Gasteiger partial charge in [-0.05, 0) is 37.5 Å². The van der Waals surface area contributed by atoms with Gasteiger partial charge in [0.05, 0.1) is 0 Å². The van der Waals surface area contributed by atoms with Gasteiger partial charge < -0.3 is 4.74 Å². The summed E-state index contributed by atoms with van der Waals surface area (Å²) in [6, 6.07) is 0. The molecule has 0 radical (unpaired) electrons. The van der Waals surface area contributed by atoms with Crippen LogP contribution in [0.4, 0.5) is 0 Å². The van der Waals surface area contributed by atoms with Gasteiger partial charge in [-0.1, -0.05) is 6.92 Å². The summed E-state index contributed by atoms with van der Waals surface area (Å²) in [5.74, 6) is 2.40. The largest absolute Gasteiger partial charge is 0.381 e. The summed E-state index contributed by atoms with van der Waals surface area (Å²) < 4.78 is 5.53. The number of halogens is 1. The Morgan fingerprint density at radius 1 is 1.42 bits per heavy atom. The maximum atomic E-state index is 5.63. The highest BCUT2D eigenvalue weighted by molar-refractivity contribution is 6.17. The van der Waals surface area contributed by atoms with E-state index in [1.165, 1.54) is 19.3 Å². The molecule has 1 aliphatic rings. The van der Waals surface area contributed by atoms with Crippen molar-refractivity contribution in [1.29, 1.82) is 0 Å². The minimum Gasteiger partial charge on any atom is -0.381 e. The molecule has 0 amide bonds. The lowest BCUT2D eigenvalue weighted by atomic mass is 10.1. The van der Waals surface area contributed by atoms with E-state index in [4.69, 9.17) is 16.3 Å². The van der Waals surface area contributed by atoms with Crippen molar-refractivity contribution < 1.29 is 4.74 Å². The summed E-state index contributed by atoms with van der Waals surface area (Å²) in [5.41, 5.74) is 0. The van der Waals surface area contributed by atoms with Crippen molar-refractivity contribution in [2.75, 3.05) is 19.1 Å². The molecule has 1 fully saturated rings. The lowest BCUT2D eigenvalue weighted by molar-refractivity contribution is 0.112. The molecule has 0 saturated heterocycles. The third-order valence-corrected chi connectivity index (χ3v) is 2.63. The zero-order valence-electron chi connectivity index (χ0n) is 7.89. The number of alkyl halides is 1. The van der Waals surface area contributed by atoms with Crippen LogP contribution >= 0.6 is 11.6 Å². The van der Waals surface area contributed by atoms with Crippen LogP contribution in [0.25, 0.3) is 0 Å². The van der Waals surface area contributed by atoms with Gasteiger partial charge in [-0.2, -0.15) is 0 Å². The summed E-state index contributed by atoms with van der Waals surface area (Å²) in [7, 11) is 0. The summed E-state index contributed by atoms with van der Waals surface area (Å²) >= 11 is 5.63. The molecule has 0 aliphatic heterocycles. The summed E-state index contributed by atoms with van der Waals surface area (Å²) in [6.07, 6.45) is 5.06. The Bertz CT molecular complexity index is 112. The van der Waals surface area contributed by atoms with Gasteiger partial charge in [-0.15, -0.1) is 11.6 Å². The molecule has 1 unspecified atom stereocenters. The highest BCUT2D eigenvalue weighted by atomic mass is 35.5. The predicted molar refractivity (Wildman–Crippen MR) is 52.7 cm³/mol. The van der Waals surface area contributed by atoms with Gasteiger partial charge in [0, 0.05) is 19.1 Å². The molecular weight excluding hydrogens is 172 g/mol. The molecule has 0 N–H and O–H groups in total. The van der Waals surface area contributed by atoms with E-state index in [-0.39, 0.29) is 0 Å². The van der Waals surface area contributed by atoms with Crippen LogP contribution < -0.4 is 0 Å². The van der Waals surface area contributed by atoms with Crippen molar-refractivity contribution in [3.8, 4) is 0 Å². The quantitative estimate of drug-likeness (QED) is 0.443. The monoisotopic (exact) mass is 190 g/mol. The maximum absolute atomic E-state index is 5.63. The first-order valence-corrected chi connectivity index (χ1v) is 5.50. The molecule has 0 aromatic carbocycles. The molecule has 0 aromatic rings. The van der Waals surface area contributed by atoms with Crippen LogP contribution in [0, 0.1) is 11.8 Å². The molecule has 72 valence electrons. The molecule has 1 nitrogen and oxygen atoms in total. The van der Waals surface area contributed by atoms with Crippen molar-refractivity contribution in [2.24, 2.45) is 11.8 Å². The van der Waals surface area contributed by atoms with Crippen molar-refractivity contribution in [3.05, 3.63) is 0 Å². The SMILES string of the molecule is CC(CCCl)CCOCC1CC1. The van der Waals surface area contributed by atoms with Gasteiger partial charge >= 0.3 is 0 Å². The Hall–Kier alpha value is 0.250. The molecule has 2 heteroatoms. The van der Waals surface area contributed by atoms with Crippen molar-refractivity contribution in [3.63, 3.8) is 0 Å². The normalized spacial score (nSPS) is 19.5. The number of rotatable bonds is 7. The zero-order valence-corrected chi connectivity index (χ0v) is 8.65. The number of hydrogen-bond donors (Lipinski definition) is 0. The third-order valence-electron chi connectivity index (χ3n) is 2.41. The molecule has 12 heavy (non-hydrogen) atoms. The van der Waals surface area contributed by atoms with Gasteiger partial charge in [-0.25, -0.2) is 0 Å². The lowest BCUT2D eigenvalue weighted by Crippen LogP contribution is -2.04. The van der Waals surface area contributed by atoms with Gasteiger partial charge in [0.15, 0.2) is 0 Å². The molecule has 1 atom stereocenters. The van der Waals surface area contributed by atoms with E-state index in [0.29, 0.717) is 0 Å². The average Bonchev–Trinajstić information content (AvgIpc) is 2.82. The zero-order chi connectivity index (χ0) is 8.81. The Morgan fingerprint density at radius 2 is 2.17 bits per heavy atom. The highest BCUT2D eigenvalue weighted by Crippen LogP contribution is 2.28. The smallest absolute Gasteiger partial charge is 0.0494 e. The second-order valence-electron chi connectivity index (χ2n) is 3.89. The van der Waals surface area contributed by atoms with E-state index in [1.54, 1.807) is 0 Å². The van der Waals surface area contributed by atoms with Crippen LogP contribution in [0.1, 0.15) is 32.6 Å². The van der Waals surface area contributed by atoms with Crippen molar-refractivity contribution in [2.45, 2.75) is 32.6 Å². The van der Waals surface area contributed by atoms with Crippen LogP contribution in [0.5, 0.6) is 0 Å². The first-order valence-electron chi connectivity index (χ1n) is 4.96. The molecule has 0 bridgehead atoms. The van der Waals surface area contributed by atoms with E-state index in [9.17, 15) is 0 Å². The van der Waals surface area contributed by atoms with Crippen LogP contribution in [0.2, 0.25) is 0 Å². The molecule has 1 aliphatic carbocycles. The predicted octanol–water partition coefficient (Wildman–Crippen LogP) is 3.07. The molecule has 1 saturated carbocycles. The highest BCUT2D eigenvalue weighted by Gasteiger charge is 2.20. The first kappa shape index (κ1) is 10.3. The van der Waals surface area contributed by atoms with E-state index in [1.807, 2.05) is 0 Å². The van der Waals surface area contributed by atoms with Gasteiger partial charge in [-0.3, -0.25) is 0 Å².